The predicted molar refractivity (Wildman–Crippen MR) is 114 cm³/mol. The summed E-state index contributed by atoms with van der Waals surface area (Å²) in [7, 11) is 0. The Labute approximate surface area is 174 Å². The Balaban J connectivity index is 1.55. The number of aromatic nitrogens is 2. The van der Waals surface area contributed by atoms with Crippen molar-refractivity contribution in [3.8, 4) is 16.9 Å². The summed E-state index contributed by atoms with van der Waals surface area (Å²) < 4.78 is 15.1. The van der Waals surface area contributed by atoms with Gasteiger partial charge in [0.15, 0.2) is 0 Å². The minimum Gasteiger partial charge on any atom is -0.333 e. The first-order valence-electron chi connectivity index (χ1n) is 9.96. The van der Waals surface area contributed by atoms with E-state index in [-0.39, 0.29) is 11.7 Å². The first kappa shape index (κ1) is 18.3. The van der Waals surface area contributed by atoms with Gasteiger partial charge in [-0.2, -0.15) is 5.10 Å². The van der Waals surface area contributed by atoms with Gasteiger partial charge in [0.05, 0.1) is 11.4 Å². The van der Waals surface area contributed by atoms with E-state index in [2.05, 4.69) is 17.2 Å². The van der Waals surface area contributed by atoms with Gasteiger partial charge in [-0.15, -0.1) is 0 Å². The second-order valence-electron chi connectivity index (χ2n) is 7.41. The molecule has 1 aliphatic rings. The third-order valence-electron chi connectivity index (χ3n) is 5.49. The highest BCUT2D eigenvalue weighted by Gasteiger charge is 2.26. The maximum atomic E-state index is 13.5. The van der Waals surface area contributed by atoms with Gasteiger partial charge in [0, 0.05) is 18.7 Å². The van der Waals surface area contributed by atoms with Crippen molar-refractivity contribution in [2.45, 2.75) is 13.0 Å². The lowest BCUT2D eigenvalue weighted by atomic mass is 9.99. The van der Waals surface area contributed by atoms with E-state index in [4.69, 9.17) is 0 Å². The Morgan fingerprint density at radius 1 is 0.867 bits per heavy atom. The molecule has 0 atom stereocenters. The Morgan fingerprint density at radius 3 is 2.33 bits per heavy atom. The molecule has 0 aliphatic carbocycles. The van der Waals surface area contributed by atoms with Gasteiger partial charge >= 0.3 is 0 Å². The monoisotopic (exact) mass is 397 g/mol. The molecule has 5 rings (SSSR count). The molecule has 4 aromatic rings. The molecular formula is C25H20FN3O. The molecule has 1 aliphatic heterocycles. The van der Waals surface area contributed by atoms with Crippen molar-refractivity contribution in [3.63, 3.8) is 0 Å². The van der Waals surface area contributed by atoms with E-state index in [0.717, 1.165) is 12.0 Å². The summed E-state index contributed by atoms with van der Waals surface area (Å²) in [6, 6.07) is 25.8. The maximum absolute atomic E-state index is 13.5. The normalized spacial score (nSPS) is 13.2. The summed E-state index contributed by atoms with van der Waals surface area (Å²) in [4.78, 5) is 15.4. The summed E-state index contributed by atoms with van der Waals surface area (Å²) in [6.07, 6.45) is 0.831. The van der Waals surface area contributed by atoms with Crippen LogP contribution in [0.25, 0.3) is 16.9 Å². The highest BCUT2D eigenvalue weighted by molar-refractivity contribution is 5.94. The number of amides is 1. The summed E-state index contributed by atoms with van der Waals surface area (Å²) in [5, 5.41) is 4.69. The molecular weight excluding hydrogens is 377 g/mol. The van der Waals surface area contributed by atoms with Crippen molar-refractivity contribution in [2.24, 2.45) is 0 Å². The second-order valence-corrected chi connectivity index (χ2v) is 7.41. The zero-order valence-electron chi connectivity index (χ0n) is 16.3. The van der Waals surface area contributed by atoms with Crippen LogP contribution < -0.4 is 0 Å². The highest BCUT2D eigenvalue weighted by Crippen LogP contribution is 2.25. The third kappa shape index (κ3) is 3.39. The highest BCUT2D eigenvalue weighted by atomic mass is 19.1. The lowest BCUT2D eigenvalue weighted by Crippen LogP contribution is -2.37. The molecule has 4 nitrogen and oxygen atoms in total. The first-order valence-corrected chi connectivity index (χ1v) is 9.96. The minimum atomic E-state index is -0.324. The molecule has 1 amide bonds. The summed E-state index contributed by atoms with van der Waals surface area (Å²) in [5.74, 6) is -0.404. The summed E-state index contributed by atoms with van der Waals surface area (Å²) in [5.41, 5.74) is 5.23. The van der Waals surface area contributed by atoms with E-state index in [9.17, 15) is 9.18 Å². The van der Waals surface area contributed by atoms with Gasteiger partial charge in [-0.1, -0.05) is 54.6 Å². The van der Waals surface area contributed by atoms with Crippen LogP contribution in [-0.4, -0.2) is 27.1 Å². The molecule has 2 heterocycles. The molecule has 0 saturated carbocycles. The molecule has 0 unspecified atom stereocenters. The number of halogens is 1. The fourth-order valence-corrected chi connectivity index (χ4v) is 3.89. The zero-order valence-corrected chi connectivity index (χ0v) is 16.3. The third-order valence-corrected chi connectivity index (χ3v) is 5.49. The fraction of sp³-hybridized carbons (Fsp3) is 0.120. The van der Waals surface area contributed by atoms with Gasteiger partial charge < -0.3 is 4.90 Å². The number of fused-ring (bicyclic) bond motifs is 1. The Morgan fingerprint density at radius 2 is 1.57 bits per heavy atom. The van der Waals surface area contributed by atoms with Gasteiger partial charge in [0.25, 0.3) is 5.91 Å². The van der Waals surface area contributed by atoms with Gasteiger partial charge in [-0.3, -0.25) is 4.79 Å². The summed E-state index contributed by atoms with van der Waals surface area (Å²) >= 11 is 0. The smallest absolute Gasteiger partial charge is 0.272 e. The molecule has 1 aromatic heterocycles. The molecule has 0 radical (unpaired) electrons. The molecule has 0 N–H and O–H groups in total. The molecule has 30 heavy (non-hydrogen) atoms. The molecule has 0 spiro atoms. The van der Waals surface area contributed by atoms with Crippen LogP contribution >= 0.6 is 0 Å². The molecule has 148 valence electrons. The lowest BCUT2D eigenvalue weighted by molar-refractivity contribution is 0.0725. The van der Waals surface area contributed by atoms with Crippen molar-refractivity contribution in [1.29, 1.82) is 0 Å². The van der Waals surface area contributed by atoms with Crippen LogP contribution in [0.2, 0.25) is 0 Å². The van der Waals surface area contributed by atoms with Crippen LogP contribution in [0.1, 0.15) is 21.6 Å². The summed E-state index contributed by atoms with van der Waals surface area (Å²) in [6.45, 7) is 1.23. The number of rotatable bonds is 3. The molecule has 0 fully saturated rings. The number of hydrogen-bond acceptors (Lipinski definition) is 2. The van der Waals surface area contributed by atoms with Gasteiger partial charge in [0.1, 0.15) is 11.5 Å². The zero-order chi connectivity index (χ0) is 20.5. The van der Waals surface area contributed by atoms with E-state index in [0.29, 0.717) is 30.2 Å². The van der Waals surface area contributed by atoms with Gasteiger partial charge in [0.2, 0.25) is 0 Å². The Bertz CT molecular complexity index is 1200. The average molecular weight is 397 g/mol. The van der Waals surface area contributed by atoms with Crippen LogP contribution in [0.4, 0.5) is 4.39 Å². The van der Waals surface area contributed by atoms with E-state index in [1.807, 2.05) is 53.4 Å². The van der Waals surface area contributed by atoms with E-state index in [1.54, 1.807) is 16.8 Å². The molecule has 0 bridgehead atoms. The molecule has 0 saturated heterocycles. The van der Waals surface area contributed by atoms with Crippen LogP contribution in [0.5, 0.6) is 0 Å². The minimum absolute atomic E-state index is 0.0801. The van der Waals surface area contributed by atoms with E-state index >= 15 is 0 Å². The SMILES string of the molecule is O=C(c1cc(-c2ccccc2)nn1-c1ccc(F)cc1)N1CCc2ccccc2C1. The van der Waals surface area contributed by atoms with Crippen molar-refractivity contribution >= 4 is 5.91 Å². The first-order chi connectivity index (χ1) is 14.7. The lowest BCUT2D eigenvalue weighted by Gasteiger charge is -2.29. The van der Waals surface area contributed by atoms with Crippen LogP contribution in [0.3, 0.4) is 0 Å². The standard InChI is InChI=1S/C25H20FN3O/c26-21-10-12-22(13-11-21)29-24(16-23(27-29)19-7-2-1-3-8-19)25(30)28-15-14-18-6-4-5-9-20(18)17-28/h1-13,16H,14-15,17H2. The quantitative estimate of drug-likeness (QED) is 0.494. The van der Waals surface area contributed by atoms with E-state index in [1.165, 1.54) is 23.3 Å². The number of nitrogens with zero attached hydrogens (tertiary/aromatic N) is 3. The number of carbonyl (C=O) groups is 1. The van der Waals surface area contributed by atoms with Gasteiger partial charge in [-0.25, -0.2) is 9.07 Å². The van der Waals surface area contributed by atoms with Crippen LogP contribution in [0.15, 0.2) is 84.9 Å². The Kier molecular flexibility index (Phi) is 4.64. The fourth-order valence-electron chi connectivity index (χ4n) is 3.89. The second kappa shape index (κ2) is 7.59. The van der Waals surface area contributed by atoms with Gasteiger partial charge in [-0.05, 0) is 47.9 Å². The largest absolute Gasteiger partial charge is 0.333 e. The topological polar surface area (TPSA) is 38.1 Å². The number of carbonyl (C=O) groups excluding carboxylic acids is 1. The number of hydrogen-bond donors (Lipinski definition) is 0. The molecule has 3 aromatic carbocycles. The number of benzene rings is 3. The van der Waals surface area contributed by atoms with Crippen molar-refractivity contribution < 1.29 is 9.18 Å². The average Bonchev–Trinajstić information content (AvgIpc) is 3.25. The molecule has 5 heteroatoms. The van der Waals surface area contributed by atoms with Crippen LogP contribution in [-0.2, 0) is 13.0 Å². The maximum Gasteiger partial charge on any atom is 0.272 e. The predicted octanol–water partition coefficient (Wildman–Crippen LogP) is 4.88. The Hall–Kier alpha value is -3.73. The van der Waals surface area contributed by atoms with E-state index < -0.39 is 0 Å². The van der Waals surface area contributed by atoms with Crippen molar-refractivity contribution in [3.05, 3.63) is 108 Å². The van der Waals surface area contributed by atoms with Crippen molar-refractivity contribution in [1.82, 2.24) is 14.7 Å². The van der Waals surface area contributed by atoms with Crippen molar-refractivity contribution in [2.75, 3.05) is 6.54 Å². The van der Waals surface area contributed by atoms with Crippen LogP contribution in [0, 0.1) is 5.82 Å².